The highest BCUT2D eigenvalue weighted by Crippen LogP contribution is 2.25. The molecule has 1 amide bonds. The number of aryl methyl sites for hydroxylation is 1. The second-order valence-corrected chi connectivity index (χ2v) is 6.20. The minimum Gasteiger partial charge on any atom is -0.399 e. The molecule has 0 spiro atoms. The molecule has 21 heavy (non-hydrogen) atoms. The van der Waals surface area contributed by atoms with Gasteiger partial charge >= 0.3 is 0 Å². The van der Waals surface area contributed by atoms with Gasteiger partial charge in [0.05, 0.1) is 10.7 Å². The Morgan fingerprint density at radius 1 is 1.29 bits per heavy atom. The van der Waals surface area contributed by atoms with Crippen LogP contribution in [0.2, 0.25) is 5.02 Å². The first-order chi connectivity index (χ1) is 10.1. The second kappa shape index (κ2) is 7.38. The Hall–Kier alpha value is -1.65. The van der Waals surface area contributed by atoms with Crippen molar-refractivity contribution in [3.8, 4) is 0 Å². The van der Waals surface area contributed by atoms with Gasteiger partial charge in [0.25, 0.3) is 0 Å². The van der Waals surface area contributed by atoms with E-state index in [-0.39, 0.29) is 5.91 Å². The van der Waals surface area contributed by atoms with Gasteiger partial charge in [0, 0.05) is 22.8 Å². The molecule has 2 aromatic rings. The molecule has 0 aliphatic heterocycles. The fraction of sp³-hybridized carbons (Fsp3) is 0.188. The van der Waals surface area contributed by atoms with Crippen LogP contribution in [-0.2, 0) is 4.79 Å². The number of rotatable bonds is 5. The molecule has 0 radical (unpaired) electrons. The van der Waals surface area contributed by atoms with Crippen molar-refractivity contribution in [2.24, 2.45) is 0 Å². The molecule has 3 nitrogen and oxygen atoms in total. The van der Waals surface area contributed by atoms with Gasteiger partial charge in [-0.15, -0.1) is 11.8 Å². The lowest BCUT2D eigenvalue weighted by Gasteiger charge is -2.08. The van der Waals surface area contributed by atoms with E-state index in [2.05, 4.69) is 24.4 Å². The largest absolute Gasteiger partial charge is 0.399 e. The number of carbonyl (C=O) groups excluding carboxylic acids is 1. The van der Waals surface area contributed by atoms with E-state index < -0.39 is 0 Å². The summed E-state index contributed by atoms with van der Waals surface area (Å²) in [5, 5.41) is 3.25. The van der Waals surface area contributed by atoms with Crippen LogP contribution in [0.3, 0.4) is 0 Å². The third kappa shape index (κ3) is 4.69. The van der Waals surface area contributed by atoms with Crippen LogP contribution >= 0.6 is 23.4 Å². The lowest BCUT2D eigenvalue weighted by Crippen LogP contribution is -2.12. The number of nitrogen functional groups attached to an aromatic ring is 1. The Balaban J connectivity index is 1.84. The van der Waals surface area contributed by atoms with Crippen LogP contribution in [0.5, 0.6) is 0 Å². The number of benzene rings is 2. The van der Waals surface area contributed by atoms with Crippen molar-refractivity contribution < 1.29 is 4.79 Å². The van der Waals surface area contributed by atoms with E-state index in [0.717, 1.165) is 5.75 Å². The summed E-state index contributed by atoms with van der Waals surface area (Å²) < 4.78 is 0. The van der Waals surface area contributed by atoms with Gasteiger partial charge in [0.2, 0.25) is 5.91 Å². The van der Waals surface area contributed by atoms with Crippen molar-refractivity contribution in [2.75, 3.05) is 16.8 Å². The van der Waals surface area contributed by atoms with Crippen molar-refractivity contribution in [1.82, 2.24) is 0 Å². The van der Waals surface area contributed by atoms with E-state index in [1.54, 1.807) is 30.0 Å². The molecule has 0 saturated carbocycles. The summed E-state index contributed by atoms with van der Waals surface area (Å²) in [6.45, 7) is 2.07. The Bertz CT molecular complexity index is 646. The minimum atomic E-state index is -0.0530. The normalized spacial score (nSPS) is 10.4. The van der Waals surface area contributed by atoms with Gasteiger partial charge in [0.15, 0.2) is 0 Å². The monoisotopic (exact) mass is 320 g/mol. The van der Waals surface area contributed by atoms with Gasteiger partial charge in [-0.1, -0.05) is 29.8 Å². The standard InChI is InChI=1S/C16H17ClN2OS/c1-11-4-2-3-5-15(11)21-9-8-16(20)19-14-7-6-12(18)10-13(14)17/h2-7,10H,8-9,18H2,1H3,(H,19,20). The zero-order valence-corrected chi connectivity index (χ0v) is 13.3. The maximum Gasteiger partial charge on any atom is 0.225 e. The molecule has 0 atom stereocenters. The summed E-state index contributed by atoms with van der Waals surface area (Å²) in [6, 6.07) is 13.2. The number of hydrogen-bond acceptors (Lipinski definition) is 3. The quantitative estimate of drug-likeness (QED) is 0.636. The number of hydrogen-bond donors (Lipinski definition) is 2. The van der Waals surface area contributed by atoms with Gasteiger partial charge in [-0.05, 0) is 36.8 Å². The first kappa shape index (κ1) is 15.7. The molecule has 0 fully saturated rings. The Morgan fingerprint density at radius 2 is 2.05 bits per heavy atom. The lowest BCUT2D eigenvalue weighted by atomic mass is 10.2. The Morgan fingerprint density at radius 3 is 2.76 bits per heavy atom. The predicted molar refractivity (Wildman–Crippen MR) is 91.0 cm³/mol. The zero-order chi connectivity index (χ0) is 15.2. The average Bonchev–Trinajstić information content (AvgIpc) is 2.44. The predicted octanol–water partition coefficient (Wildman–Crippen LogP) is 4.35. The van der Waals surface area contributed by atoms with Gasteiger partial charge in [-0.2, -0.15) is 0 Å². The summed E-state index contributed by atoms with van der Waals surface area (Å²) in [6.07, 6.45) is 0.430. The van der Waals surface area contributed by atoms with Crippen LogP contribution < -0.4 is 11.1 Å². The van der Waals surface area contributed by atoms with Crippen molar-refractivity contribution in [2.45, 2.75) is 18.2 Å². The molecular formula is C16H17ClN2OS. The highest BCUT2D eigenvalue weighted by molar-refractivity contribution is 7.99. The van der Waals surface area contributed by atoms with Crippen LogP contribution in [-0.4, -0.2) is 11.7 Å². The van der Waals surface area contributed by atoms with E-state index in [9.17, 15) is 4.79 Å². The minimum absolute atomic E-state index is 0.0530. The number of anilines is 2. The maximum absolute atomic E-state index is 11.9. The zero-order valence-electron chi connectivity index (χ0n) is 11.7. The number of halogens is 1. The van der Waals surface area contributed by atoms with Crippen molar-refractivity contribution >= 4 is 40.6 Å². The van der Waals surface area contributed by atoms with E-state index in [0.29, 0.717) is 22.8 Å². The molecule has 0 bridgehead atoms. The molecule has 3 N–H and O–H groups in total. The second-order valence-electron chi connectivity index (χ2n) is 4.65. The van der Waals surface area contributed by atoms with Crippen molar-refractivity contribution in [1.29, 1.82) is 0 Å². The number of nitrogens with one attached hydrogen (secondary N) is 1. The fourth-order valence-corrected chi connectivity index (χ4v) is 3.03. The molecule has 0 heterocycles. The summed E-state index contributed by atoms with van der Waals surface area (Å²) in [4.78, 5) is 13.1. The van der Waals surface area contributed by atoms with Gasteiger partial charge in [-0.25, -0.2) is 0 Å². The molecule has 110 valence electrons. The van der Waals surface area contributed by atoms with Crippen LogP contribution in [0.1, 0.15) is 12.0 Å². The Labute approximate surface area is 133 Å². The molecule has 0 aromatic heterocycles. The molecule has 0 saturated heterocycles. The first-order valence-corrected chi connectivity index (χ1v) is 7.96. The van der Waals surface area contributed by atoms with E-state index in [4.69, 9.17) is 17.3 Å². The molecular weight excluding hydrogens is 304 g/mol. The highest BCUT2D eigenvalue weighted by atomic mass is 35.5. The summed E-state index contributed by atoms with van der Waals surface area (Å²) in [5.41, 5.74) is 8.01. The number of amides is 1. The number of nitrogens with two attached hydrogens (primary N) is 1. The smallest absolute Gasteiger partial charge is 0.225 e. The van der Waals surface area contributed by atoms with Crippen LogP contribution in [0, 0.1) is 6.92 Å². The molecule has 0 aliphatic rings. The Kier molecular flexibility index (Phi) is 5.53. The van der Waals surface area contributed by atoms with Crippen LogP contribution in [0.15, 0.2) is 47.4 Å². The third-order valence-electron chi connectivity index (χ3n) is 2.95. The van der Waals surface area contributed by atoms with Crippen molar-refractivity contribution in [3.05, 3.63) is 53.1 Å². The van der Waals surface area contributed by atoms with E-state index in [1.807, 2.05) is 12.1 Å². The maximum atomic E-state index is 11.9. The van der Waals surface area contributed by atoms with Gasteiger partial charge < -0.3 is 11.1 Å². The molecule has 5 heteroatoms. The molecule has 2 aromatic carbocycles. The SMILES string of the molecule is Cc1ccccc1SCCC(=O)Nc1ccc(N)cc1Cl. The summed E-state index contributed by atoms with van der Waals surface area (Å²) >= 11 is 7.70. The van der Waals surface area contributed by atoms with Gasteiger partial charge in [0.1, 0.15) is 0 Å². The lowest BCUT2D eigenvalue weighted by molar-refractivity contribution is -0.115. The number of carbonyl (C=O) groups is 1. The summed E-state index contributed by atoms with van der Waals surface area (Å²) in [5.74, 6) is 0.672. The molecule has 0 aliphatic carbocycles. The van der Waals surface area contributed by atoms with E-state index in [1.165, 1.54) is 10.5 Å². The molecule has 2 rings (SSSR count). The average molecular weight is 321 g/mol. The van der Waals surface area contributed by atoms with E-state index >= 15 is 0 Å². The fourth-order valence-electron chi connectivity index (χ4n) is 1.82. The van der Waals surface area contributed by atoms with Crippen LogP contribution in [0.4, 0.5) is 11.4 Å². The summed E-state index contributed by atoms with van der Waals surface area (Å²) in [7, 11) is 0. The number of thioether (sulfide) groups is 1. The highest BCUT2D eigenvalue weighted by Gasteiger charge is 2.07. The van der Waals surface area contributed by atoms with Crippen LogP contribution in [0.25, 0.3) is 0 Å². The van der Waals surface area contributed by atoms with Crippen molar-refractivity contribution in [3.63, 3.8) is 0 Å². The topological polar surface area (TPSA) is 55.1 Å². The first-order valence-electron chi connectivity index (χ1n) is 6.59. The van der Waals surface area contributed by atoms with Gasteiger partial charge in [-0.3, -0.25) is 4.79 Å². The third-order valence-corrected chi connectivity index (χ3v) is 4.44. The molecule has 0 unspecified atom stereocenters.